The molecule has 3 amide bonds. The average molecular weight is 623 g/mol. The summed E-state index contributed by atoms with van der Waals surface area (Å²) in [6.07, 6.45) is 14.3. The van der Waals surface area contributed by atoms with Crippen molar-refractivity contribution in [2.75, 3.05) is 20.6 Å². The second-order valence-corrected chi connectivity index (χ2v) is 11.8. The molecule has 5 atom stereocenters. The van der Waals surface area contributed by atoms with Crippen LogP contribution in [0.1, 0.15) is 104 Å². The predicted molar refractivity (Wildman–Crippen MR) is 172 cm³/mol. The molecule has 0 radical (unpaired) electrons. The molecule has 0 spiro atoms. The van der Waals surface area contributed by atoms with Crippen molar-refractivity contribution in [3.05, 3.63) is 24.4 Å². The van der Waals surface area contributed by atoms with Crippen LogP contribution >= 0.6 is 0 Å². The Morgan fingerprint density at radius 1 is 0.955 bits per heavy atom. The number of amides is 3. The Bertz CT molecular complexity index is 924. The Labute approximate surface area is 264 Å². The van der Waals surface area contributed by atoms with Gasteiger partial charge in [-0.25, -0.2) is 4.79 Å². The third-order valence-corrected chi connectivity index (χ3v) is 7.97. The van der Waals surface area contributed by atoms with Crippen molar-refractivity contribution in [2.45, 2.75) is 122 Å². The van der Waals surface area contributed by atoms with E-state index in [2.05, 4.69) is 31.1 Å². The highest BCUT2D eigenvalue weighted by molar-refractivity contribution is 5.94. The van der Waals surface area contributed by atoms with E-state index in [0.29, 0.717) is 12.0 Å². The van der Waals surface area contributed by atoms with Crippen molar-refractivity contribution in [2.24, 2.45) is 17.6 Å². The number of aliphatic hydroxyl groups is 1. The lowest BCUT2D eigenvalue weighted by molar-refractivity contribution is -0.161. The number of ether oxygens (including phenoxy) is 1. The molecule has 0 aliphatic carbocycles. The molecule has 0 aliphatic heterocycles. The van der Waals surface area contributed by atoms with Crippen molar-refractivity contribution < 1.29 is 33.8 Å². The van der Waals surface area contributed by atoms with Crippen LogP contribution in [-0.4, -0.2) is 78.9 Å². The number of carbonyl (C=O) groups excluding carboxylic acids is 5. The number of unbranched alkanes of at least 4 members (excludes halogenated alkanes) is 8. The first-order valence-electron chi connectivity index (χ1n) is 16.1. The molecule has 5 N–H and O–H groups in total. The smallest absolute Gasteiger partial charge is 0.332 e. The Kier molecular flexibility index (Phi) is 22.4. The van der Waals surface area contributed by atoms with E-state index >= 15 is 0 Å². The van der Waals surface area contributed by atoms with Gasteiger partial charge in [0.2, 0.25) is 17.7 Å². The molecule has 0 saturated carbocycles. The standard InChI is InChI=1S/C33H58N4O7/c1-7-24(2)17-15-13-11-9-8-10-12-14-16-18-25(3)27(21-22-38)44-33(43)30(31(41)32(34)42)36-28(39)23-37(6)29(40)20-19-26(4)35-5/h19-20,22,24-25,27,30-31,35,41H,4,7-18,21,23H2,1-3,5-6H3,(H2,34,42)(H,36,39)/b20-19+. The normalized spacial score (nSPS) is 14.6. The predicted octanol–water partition coefficient (Wildman–Crippen LogP) is 3.54. The number of likely N-dealkylation sites (N-methyl/N-ethyl adjacent to an activating group) is 2. The van der Waals surface area contributed by atoms with E-state index in [4.69, 9.17) is 10.5 Å². The molecule has 0 saturated heterocycles. The fraction of sp³-hybridized carbons (Fsp3) is 0.727. The van der Waals surface area contributed by atoms with E-state index in [1.807, 2.05) is 6.92 Å². The number of nitrogens with two attached hydrogens (primary N) is 1. The van der Waals surface area contributed by atoms with E-state index < -0.39 is 48.5 Å². The van der Waals surface area contributed by atoms with E-state index in [1.165, 1.54) is 70.6 Å². The summed E-state index contributed by atoms with van der Waals surface area (Å²) in [5.41, 5.74) is 5.68. The fourth-order valence-corrected chi connectivity index (χ4v) is 4.63. The summed E-state index contributed by atoms with van der Waals surface area (Å²) in [6.45, 7) is 9.62. The van der Waals surface area contributed by atoms with Gasteiger partial charge in [0, 0.05) is 32.3 Å². The lowest BCUT2D eigenvalue weighted by Crippen LogP contribution is -2.56. The SMILES string of the molecule is C=C(/C=C/C(=O)N(C)CC(=O)NC(C(=O)OC(CC=O)C(C)CCCCCCCCCCCC(C)CC)C(O)C(N)=O)NC. The fourth-order valence-electron chi connectivity index (χ4n) is 4.63. The molecule has 252 valence electrons. The molecule has 0 aliphatic rings. The second kappa shape index (κ2) is 24.2. The first kappa shape index (κ1) is 40.8. The summed E-state index contributed by atoms with van der Waals surface area (Å²) in [5, 5.41) is 15.3. The van der Waals surface area contributed by atoms with Crippen LogP contribution in [0, 0.1) is 11.8 Å². The molecule has 5 unspecified atom stereocenters. The first-order chi connectivity index (χ1) is 20.9. The first-order valence-corrected chi connectivity index (χ1v) is 16.1. The molecule has 0 bridgehead atoms. The number of primary amides is 1. The summed E-state index contributed by atoms with van der Waals surface area (Å²) in [4.78, 5) is 62.0. The summed E-state index contributed by atoms with van der Waals surface area (Å²) in [7, 11) is 3.00. The maximum Gasteiger partial charge on any atom is 0.332 e. The molecule has 0 rings (SSSR count). The van der Waals surface area contributed by atoms with Gasteiger partial charge in [0.25, 0.3) is 0 Å². The molecular formula is C33H58N4O7. The average Bonchev–Trinajstić information content (AvgIpc) is 2.99. The zero-order valence-corrected chi connectivity index (χ0v) is 27.6. The number of rotatable bonds is 26. The highest BCUT2D eigenvalue weighted by Crippen LogP contribution is 2.21. The lowest BCUT2D eigenvalue weighted by Gasteiger charge is -2.27. The Hall–Kier alpha value is -3.21. The van der Waals surface area contributed by atoms with Gasteiger partial charge in [-0.3, -0.25) is 14.4 Å². The highest BCUT2D eigenvalue weighted by Gasteiger charge is 2.36. The van der Waals surface area contributed by atoms with Gasteiger partial charge >= 0.3 is 5.97 Å². The molecule has 0 heterocycles. The molecule has 0 fully saturated rings. The van der Waals surface area contributed by atoms with Crippen LogP contribution in [0.4, 0.5) is 0 Å². The molecule has 0 aromatic carbocycles. The van der Waals surface area contributed by atoms with Crippen LogP contribution < -0.4 is 16.4 Å². The van der Waals surface area contributed by atoms with E-state index in [-0.39, 0.29) is 12.3 Å². The zero-order valence-electron chi connectivity index (χ0n) is 27.6. The highest BCUT2D eigenvalue weighted by atomic mass is 16.5. The zero-order chi connectivity index (χ0) is 33.5. The van der Waals surface area contributed by atoms with Gasteiger partial charge in [0.1, 0.15) is 12.4 Å². The van der Waals surface area contributed by atoms with Gasteiger partial charge in [0.15, 0.2) is 12.1 Å². The van der Waals surface area contributed by atoms with E-state index in [1.54, 1.807) is 7.05 Å². The molecule has 11 nitrogen and oxygen atoms in total. The number of aliphatic hydroxyl groups excluding tert-OH is 1. The Morgan fingerprint density at radius 2 is 1.50 bits per heavy atom. The topological polar surface area (TPSA) is 168 Å². The lowest BCUT2D eigenvalue weighted by atomic mass is 9.94. The number of esters is 1. The molecule has 44 heavy (non-hydrogen) atoms. The monoisotopic (exact) mass is 622 g/mol. The molecule has 0 aromatic rings. The van der Waals surface area contributed by atoms with Crippen molar-refractivity contribution >= 4 is 30.0 Å². The van der Waals surface area contributed by atoms with Crippen molar-refractivity contribution in [3.63, 3.8) is 0 Å². The van der Waals surface area contributed by atoms with Crippen LogP contribution in [-0.2, 0) is 28.7 Å². The third kappa shape index (κ3) is 18.5. The number of allylic oxidation sites excluding steroid dienone is 1. The van der Waals surface area contributed by atoms with Crippen LogP contribution in [0.15, 0.2) is 24.4 Å². The number of carbonyl (C=O) groups is 5. The van der Waals surface area contributed by atoms with Crippen LogP contribution in [0.25, 0.3) is 0 Å². The summed E-state index contributed by atoms with van der Waals surface area (Å²) >= 11 is 0. The largest absolute Gasteiger partial charge is 0.460 e. The van der Waals surface area contributed by atoms with Gasteiger partial charge in [-0.15, -0.1) is 0 Å². The van der Waals surface area contributed by atoms with E-state index in [9.17, 15) is 29.1 Å². The number of hydrogen-bond donors (Lipinski definition) is 4. The van der Waals surface area contributed by atoms with Crippen molar-refractivity contribution in [3.8, 4) is 0 Å². The van der Waals surface area contributed by atoms with Crippen molar-refractivity contribution in [1.29, 1.82) is 0 Å². The van der Waals surface area contributed by atoms with Crippen molar-refractivity contribution in [1.82, 2.24) is 15.5 Å². The molecule has 11 heteroatoms. The van der Waals surface area contributed by atoms with Crippen LogP contribution in [0.3, 0.4) is 0 Å². The Balaban J connectivity index is 4.83. The molecular weight excluding hydrogens is 564 g/mol. The number of hydrogen-bond acceptors (Lipinski definition) is 8. The third-order valence-electron chi connectivity index (χ3n) is 7.97. The minimum atomic E-state index is -2.07. The van der Waals surface area contributed by atoms with Gasteiger partial charge in [-0.2, -0.15) is 0 Å². The van der Waals surface area contributed by atoms with Gasteiger partial charge in [-0.1, -0.05) is 98.0 Å². The van der Waals surface area contributed by atoms with Crippen LogP contribution in [0.5, 0.6) is 0 Å². The minimum absolute atomic E-state index is 0.0707. The number of aldehydes is 1. The summed E-state index contributed by atoms with van der Waals surface area (Å²) < 4.78 is 5.52. The second-order valence-electron chi connectivity index (χ2n) is 11.8. The number of nitrogens with zero attached hydrogens (tertiary/aromatic N) is 1. The maximum atomic E-state index is 13.0. The van der Waals surface area contributed by atoms with Gasteiger partial charge < -0.3 is 35.9 Å². The van der Waals surface area contributed by atoms with Gasteiger partial charge in [-0.05, 0) is 24.3 Å². The minimum Gasteiger partial charge on any atom is -0.460 e. The van der Waals surface area contributed by atoms with Gasteiger partial charge in [0.05, 0.1) is 6.54 Å². The molecule has 0 aromatic heterocycles. The van der Waals surface area contributed by atoms with Crippen LogP contribution in [0.2, 0.25) is 0 Å². The Morgan fingerprint density at radius 3 is 2.00 bits per heavy atom. The quantitative estimate of drug-likeness (QED) is 0.0373. The maximum absolute atomic E-state index is 13.0. The van der Waals surface area contributed by atoms with E-state index in [0.717, 1.165) is 36.5 Å². The summed E-state index contributed by atoms with van der Waals surface area (Å²) in [6, 6.07) is -1.81. The summed E-state index contributed by atoms with van der Waals surface area (Å²) in [5.74, 6) is -3.01. The number of nitrogens with one attached hydrogen (secondary N) is 2.